The van der Waals surface area contributed by atoms with Crippen LogP contribution in [0.2, 0.25) is 0 Å². The van der Waals surface area contributed by atoms with Crippen LogP contribution in [0.15, 0.2) is 24.4 Å². The van der Waals surface area contributed by atoms with Crippen LogP contribution in [-0.4, -0.2) is 15.9 Å². The fraction of sp³-hybridized carbons (Fsp3) is 0.167. The van der Waals surface area contributed by atoms with Crippen molar-refractivity contribution >= 4 is 5.97 Å². The van der Waals surface area contributed by atoms with E-state index in [9.17, 15) is 23.1 Å². The van der Waals surface area contributed by atoms with E-state index in [1.54, 1.807) is 6.92 Å². The fourth-order valence-electron chi connectivity index (χ4n) is 1.63. The fourth-order valence-corrected chi connectivity index (χ4v) is 1.63. The van der Waals surface area contributed by atoms with Crippen LogP contribution in [0.25, 0.3) is 11.4 Å². The number of nitrogens with zero attached hydrogens (tertiary/aromatic N) is 1. The van der Waals surface area contributed by atoms with Crippen LogP contribution in [0.5, 0.6) is 0 Å². The predicted octanol–water partition coefficient (Wildman–Crippen LogP) is -1.23. The van der Waals surface area contributed by atoms with Crippen molar-refractivity contribution in [3.63, 3.8) is 0 Å². The molecule has 0 spiro atoms. The van der Waals surface area contributed by atoms with Crippen LogP contribution < -0.4 is 34.7 Å². The van der Waals surface area contributed by atoms with E-state index in [0.717, 1.165) is 6.07 Å². The summed E-state index contributed by atoms with van der Waals surface area (Å²) in [5.41, 5.74) is 0.00192. The molecule has 2 rings (SSSR count). The SMILES string of the molecule is Cc1cc(-c2ccc(C(F)(F)F)cn2)[nH]c1C(=O)[O-].[Na+]. The quantitative estimate of drug-likeness (QED) is 0.705. The maximum Gasteiger partial charge on any atom is 1.00 e. The molecule has 100 valence electrons. The molecule has 0 fully saturated rings. The maximum atomic E-state index is 12.4. The zero-order chi connectivity index (χ0) is 14.2. The number of aryl methyl sites for hydroxylation is 1. The molecule has 0 unspecified atom stereocenters. The van der Waals surface area contributed by atoms with Gasteiger partial charge in [-0.1, -0.05) is 0 Å². The van der Waals surface area contributed by atoms with E-state index < -0.39 is 17.7 Å². The largest absolute Gasteiger partial charge is 1.00 e. The molecule has 0 saturated heterocycles. The monoisotopic (exact) mass is 292 g/mol. The van der Waals surface area contributed by atoms with Crippen LogP contribution in [0, 0.1) is 6.92 Å². The molecule has 2 heterocycles. The van der Waals surface area contributed by atoms with Gasteiger partial charge in [0, 0.05) is 6.20 Å². The topological polar surface area (TPSA) is 68.8 Å². The third-order valence-corrected chi connectivity index (χ3v) is 2.59. The number of carbonyl (C=O) groups is 1. The molecule has 20 heavy (non-hydrogen) atoms. The molecule has 0 atom stereocenters. The Hall–Kier alpha value is -1.31. The van der Waals surface area contributed by atoms with Crippen molar-refractivity contribution < 1.29 is 52.6 Å². The first-order valence-electron chi connectivity index (χ1n) is 5.23. The summed E-state index contributed by atoms with van der Waals surface area (Å²) in [7, 11) is 0. The number of aromatic carboxylic acids is 1. The number of carboxylic acids is 1. The van der Waals surface area contributed by atoms with E-state index in [-0.39, 0.29) is 40.9 Å². The van der Waals surface area contributed by atoms with Crippen molar-refractivity contribution in [3.05, 3.63) is 41.2 Å². The average Bonchev–Trinajstić information content (AvgIpc) is 2.70. The molecule has 0 aromatic carbocycles. The normalized spacial score (nSPS) is 11.0. The van der Waals surface area contributed by atoms with Crippen molar-refractivity contribution in [2.45, 2.75) is 13.1 Å². The molecule has 0 amide bonds. The zero-order valence-corrected chi connectivity index (χ0v) is 12.7. The molecule has 0 aliphatic rings. The zero-order valence-electron chi connectivity index (χ0n) is 10.7. The Morgan fingerprint density at radius 2 is 2.00 bits per heavy atom. The van der Waals surface area contributed by atoms with Crippen molar-refractivity contribution in [1.82, 2.24) is 9.97 Å². The van der Waals surface area contributed by atoms with Gasteiger partial charge in [0.05, 0.1) is 28.6 Å². The van der Waals surface area contributed by atoms with Gasteiger partial charge in [0.25, 0.3) is 0 Å². The third-order valence-electron chi connectivity index (χ3n) is 2.59. The van der Waals surface area contributed by atoms with Gasteiger partial charge in [0.15, 0.2) is 0 Å². The smallest absolute Gasteiger partial charge is 0.543 e. The molecule has 0 aliphatic carbocycles. The van der Waals surface area contributed by atoms with E-state index in [1.807, 2.05) is 0 Å². The standard InChI is InChI=1S/C12H9F3N2O2.Na/c1-6-4-9(17-10(6)11(18)19)8-3-2-7(5-16-8)12(13,14)15;/h2-5,17H,1H3,(H,18,19);/q;+1/p-1. The number of aromatic nitrogens is 2. The number of H-pyrrole nitrogens is 1. The molecule has 4 nitrogen and oxygen atoms in total. The van der Waals surface area contributed by atoms with Crippen LogP contribution in [0.3, 0.4) is 0 Å². The number of carboxylic acid groups (broad SMARTS) is 1. The van der Waals surface area contributed by atoms with Gasteiger partial charge < -0.3 is 14.9 Å². The van der Waals surface area contributed by atoms with Gasteiger partial charge in [-0.3, -0.25) is 4.98 Å². The summed E-state index contributed by atoms with van der Waals surface area (Å²) < 4.78 is 37.1. The second kappa shape index (κ2) is 5.99. The number of rotatable bonds is 2. The molecule has 2 aromatic heterocycles. The van der Waals surface area contributed by atoms with Crippen molar-refractivity contribution in [3.8, 4) is 11.4 Å². The first kappa shape index (κ1) is 16.7. The summed E-state index contributed by atoms with van der Waals surface area (Å²) in [5.74, 6) is -1.38. The molecule has 0 radical (unpaired) electrons. The Morgan fingerprint density at radius 3 is 2.40 bits per heavy atom. The number of hydrogen-bond donors (Lipinski definition) is 1. The summed E-state index contributed by atoms with van der Waals surface area (Å²) in [5, 5.41) is 10.7. The Morgan fingerprint density at radius 1 is 1.35 bits per heavy atom. The van der Waals surface area contributed by atoms with E-state index in [2.05, 4.69) is 9.97 Å². The minimum atomic E-state index is -4.45. The summed E-state index contributed by atoms with van der Waals surface area (Å²) in [6.07, 6.45) is -3.75. The molecule has 0 bridgehead atoms. The third kappa shape index (κ3) is 3.41. The Kier molecular flexibility index (Phi) is 5.01. The number of nitrogens with one attached hydrogen (secondary N) is 1. The van der Waals surface area contributed by atoms with Gasteiger partial charge in [-0.2, -0.15) is 13.2 Å². The van der Waals surface area contributed by atoms with Crippen LogP contribution >= 0.6 is 0 Å². The average molecular weight is 292 g/mol. The second-order valence-electron chi connectivity index (χ2n) is 3.96. The Bertz CT molecular complexity index is 621. The number of aromatic amines is 1. The maximum absolute atomic E-state index is 12.4. The molecule has 1 N–H and O–H groups in total. The van der Waals surface area contributed by atoms with Gasteiger partial charge >= 0.3 is 35.7 Å². The van der Waals surface area contributed by atoms with E-state index in [1.165, 1.54) is 12.1 Å². The second-order valence-corrected chi connectivity index (χ2v) is 3.96. The number of halogens is 3. The van der Waals surface area contributed by atoms with Gasteiger partial charge in [-0.15, -0.1) is 0 Å². The van der Waals surface area contributed by atoms with Crippen molar-refractivity contribution in [2.75, 3.05) is 0 Å². The first-order valence-corrected chi connectivity index (χ1v) is 5.23. The van der Waals surface area contributed by atoms with Crippen LogP contribution in [0.4, 0.5) is 13.2 Å². The predicted molar refractivity (Wildman–Crippen MR) is 58.1 cm³/mol. The van der Waals surface area contributed by atoms with Crippen molar-refractivity contribution in [2.24, 2.45) is 0 Å². The summed E-state index contributed by atoms with van der Waals surface area (Å²) >= 11 is 0. The number of alkyl halides is 3. The Labute approximate surface area is 134 Å². The van der Waals surface area contributed by atoms with Crippen molar-refractivity contribution in [1.29, 1.82) is 0 Å². The van der Waals surface area contributed by atoms with E-state index in [4.69, 9.17) is 0 Å². The van der Waals surface area contributed by atoms with E-state index >= 15 is 0 Å². The van der Waals surface area contributed by atoms with E-state index in [0.29, 0.717) is 17.5 Å². The molecular weight excluding hydrogens is 284 g/mol. The van der Waals surface area contributed by atoms with Crippen LogP contribution in [0.1, 0.15) is 21.6 Å². The van der Waals surface area contributed by atoms with Gasteiger partial charge in [0.1, 0.15) is 0 Å². The number of pyridine rings is 1. The first-order chi connectivity index (χ1) is 8.79. The molecule has 2 aromatic rings. The minimum absolute atomic E-state index is 0. The minimum Gasteiger partial charge on any atom is -0.543 e. The van der Waals surface area contributed by atoms with Crippen LogP contribution in [-0.2, 0) is 6.18 Å². The van der Waals surface area contributed by atoms with Gasteiger partial charge in [-0.25, -0.2) is 0 Å². The summed E-state index contributed by atoms with van der Waals surface area (Å²) in [4.78, 5) is 17.0. The van der Waals surface area contributed by atoms with Gasteiger partial charge in [0.2, 0.25) is 0 Å². The molecule has 0 aliphatic heterocycles. The molecule has 0 saturated carbocycles. The summed E-state index contributed by atoms with van der Waals surface area (Å²) in [6, 6.07) is 3.55. The number of carbonyl (C=O) groups excluding carboxylic acids is 1. The molecular formula is C12H8F3N2NaO2. The number of hydrogen-bond acceptors (Lipinski definition) is 3. The Balaban J connectivity index is 0.00000200. The van der Waals surface area contributed by atoms with Gasteiger partial charge in [-0.05, 0) is 30.7 Å². The molecule has 8 heteroatoms. The summed E-state index contributed by atoms with van der Waals surface area (Å²) in [6.45, 7) is 1.55.